The lowest BCUT2D eigenvalue weighted by atomic mass is 10.0. The maximum atomic E-state index is 12.1. The quantitative estimate of drug-likeness (QED) is 0.301. The fourth-order valence-electron chi connectivity index (χ4n) is 3.59. The van der Waals surface area contributed by atoms with Crippen molar-refractivity contribution in [2.75, 3.05) is 0 Å². The number of nitrogens with one attached hydrogen (secondary N) is 2. The molecule has 4 aromatic rings. The predicted octanol–water partition coefficient (Wildman–Crippen LogP) is 5.15. The normalized spacial score (nSPS) is 12.1. The number of amides is 2. The van der Waals surface area contributed by atoms with E-state index in [0.29, 0.717) is 11.4 Å². The van der Waals surface area contributed by atoms with Crippen LogP contribution in [0, 0.1) is 0 Å². The standard InChI is InChI=1S/C28H26N4O2/c1-19(23-13-11-21-7-3-5-9-25(21)17-23)29-31-27(33)15-16-28(34)32-30-20(2)24-14-12-22-8-4-6-10-26(22)18-24/h3-14,17-18H,15-16H2,1-2H3,(H,31,33)(H,32,34)/b29-19-,30-20+. The minimum atomic E-state index is -0.328. The molecular formula is C28H26N4O2. The molecule has 0 radical (unpaired) electrons. The molecule has 0 aliphatic heterocycles. The zero-order valence-electron chi connectivity index (χ0n) is 19.2. The van der Waals surface area contributed by atoms with E-state index in [-0.39, 0.29) is 24.7 Å². The molecule has 4 rings (SSSR count). The summed E-state index contributed by atoms with van der Waals surface area (Å²) in [7, 11) is 0. The summed E-state index contributed by atoms with van der Waals surface area (Å²) in [6.45, 7) is 3.67. The molecule has 170 valence electrons. The van der Waals surface area contributed by atoms with Crippen LogP contribution in [0.2, 0.25) is 0 Å². The molecule has 2 N–H and O–H groups in total. The minimum absolute atomic E-state index is 0.0187. The van der Waals surface area contributed by atoms with Crippen molar-refractivity contribution in [1.29, 1.82) is 0 Å². The lowest BCUT2D eigenvalue weighted by Gasteiger charge is -2.06. The zero-order chi connectivity index (χ0) is 23.9. The Morgan fingerprint density at radius 1 is 0.588 bits per heavy atom. The molecule has 0 unspecified atom stereocenters. The van der Waals surface area contributed by atoms with Crippen LogP contribution < -0.4 is 10.9 Å². The summed E-state index contributed by atoms with van der Waals surface area (Å²) < 4.78 is 0. The molecule has 0 aromatic heterocycles. The average Bonchev–Trinajstić information content (AvgIpc) is 2.88. The number of hydrogen-bond acceptors (Lipinski definition) is 4. The first kappa shape index (κ1) is 22.9. The third-order valence-corrected chi connectivity index (χ3v) is 5.61. The van der Waals surface area contributed by atoms with E-state index in [0.717, 1.165) is 32.7 Å². The summed E-state index contributed by atoms with van der Waals surface area (Å²) in [4.78, 5) is 24.3. The Morgan fingerprint density at radius 3 is 1.38 bits per heavy atom. The van der Waals surface area contributed by atoms with E-state index in [9.17, 15) is 9.59 Å². The number of carbonyl (C=O) groups excluding carboxylic acids is 2. The van der Waals surface area contributed by atoms with Crippen molar-refractivity contribution in [2.24, 2.45) is 10.2 Å². The van der Waals surface area contributed by atoms with E-state index in [1.165, 1.54) is 0 Å². The molecule has 0 fully saturated rings. The van der Waals surface area contributed by atoms with E-state index in [4.69, 9.17) is 0 Å². The summed E-state index contributed by atoms with van der Waals surface area (Å²) in [5.74, 6) is -0.656. The van der Waals surface area contributed by atoms with E-state index >= 15 is 0 Å². The molecule has 2 amide bonds. The van der Waals surface area contributed by atoms with Gasteiger partial charge in [-0.25, -0.2) is 10.9 Å². The molecule has 0 bridgehead atoms. The van der Waals surface area contributed by atoms with Gasteiger partial charge in [-0.2, -0.15) is 10.2 Å². The van der Waals surface area contributed by atoms with Crippen LogP contribution in [0.4, 0.5) is 0 Å². The largest absolute Gasteiger partial charge is 0.273 e. The van der Waals surface area contributed by atoms with Crippen molar-refractivity contribution < 1.29 is 9.59 Å². The van der Waals surface area contributed by atoms with Gasteiger partial charge in [-0.1, -0.05) is 72.8 Å². The van der Waals surface area contributed by atoms with Crippen LogP contribution in [-0.2, 0) is 9.59 Å². The lowest BCUT2D eigenvalue weighted by molar-refractivity contribution is -0.126. The number of rotatable bonds is 7. The van der Waals surface area contributed by atoms with Crippen molar-refractivity contribution >= 4 is 44.8 Å². The van der Waals surface area contributed by atoms with Crippen LogP contribution in [0.3, 0.4) is 0 Å². The number of fused-ring (bicyclic) bond motifs is 2. The SMILES string of the molecule is C/C(=N/NC(=O)CCC(=O)N/N=C(\C)c1ccc2ccccc2c1)c1ccc2ccccc2c1. The number of hydrogen-bond donors (Lipinski definition) is 2. The van der Waals surface area contributed by atoms with Crippen LogP contribution >= 0.6 is 0 Å². The Morgan fingerprint density at radius 2 is 0.971 bits per heavy atom. The van der Waals surface area contributed by atoms with E-state index < -0.39 is 0 Å². The van der Waals surface area contributed by atoms with Gasteiger partial charge in [-0.15, -0.1) is 0 Å². The Kier molecular flexibility index (Phi) is 7.08. The molecule has 0 atom stereocenters. The fraction of sp³-hybridized carbons (Fsp3) is 0.143. The highest BCUT2D eigenvalue weighted by Crippen LogP contribution is 2.17. The summed E-state index contributed by atoms with van der Waals surface area (Å²) in [6, 6.07) is 28.2. The van der Waals surface area contributed by atoms with Crippen LogP contribution in [-0.4, -0.2) is 23.2 Å². The maximum Gasteiger partial charge on any atom is 0.240 e. The number of nitrogens with zero attached hydrogens (tertiary/aromatic N) is 2. The summed E-state index contributed by atoms with van der Waals surface area (Å²) in [5, 5.41) is 12.9. The number of benzene rings is 4. The lowest BCUT2D eigenvalue weighted by Crippen LogP contribution is -2.24. The van der Waals surface area contributed by atoms with E-state index in [1.54, 1.807) is 0 Å². The van der Waals surface area contributed by atoms with Gasteiger partial charge in [0.15, 0.2) is 0 Å². The van der Waals surface area contributed by atoms with Crippen molar-refractivity contribution in [3.63, 3.8) is 0 Å². The summed E-state index contributed by atoms with van der Waals surface area (Å²) in [5.41, 5.74) is 8.29. The average molecular weight is 451 g/mol. The molecule has 0 spiro atoms. The second-order valence-corrected chi connectivity index (χ2v) is 8.09. The molecule has 0 saturated heterocycles. The Labute approximate surface area is 198 Å². The molecule has 0 saturated carbocycles. The topological polar surface area (TPSA) is 82.9 Å². The molecule has 6 heteroatoms. The Bertz CT molecular complexity index is 1310. The predicted molar refractivity (Wildman–Crippen MR) is 138 cm³/mol. The van der Waals surface area contributed by atoms with Gasteiger partial charge in [0.05, 0.1) is 11.4 Å². The van der Waals surface area contributed by atoms with E-state index in [1.807, 2.05) is 98.8 Å². The Hall–Kier alpha value is -4.32. The van der Waals surface area contributed by atoms with Crippen molar-refractivity contribution in [3.05, 3.63) is 96.1 Å². The van der Waals surface area contributed by atoms with Gasteiger partial charge in [0, 0.05) is 12.8 Å². The smallest absolute Gasteiger partial charge is 0.240 e. The summed E-state index contributed by atoms with van der Waals surface area (Å²) in [6.07, 6.45) is 0.0375. The van der Waals surface area contributed by atoms with Gasteiger partial charge in [0.2, 0.25) is 11.8 Å². The number of hydrazone groups is 2. The van der Waals surface area contributed by atoms with Crippen LogP contribution in [0.1, 0.15) is 37.8 Å². The second kappa shape index (κ2) is 10.5. The third kappa shape index (κ3) is 5.72. The van der Waals surface area contributed by atoms with Crippen molar-refractivity contribution in [3.8, 4) is 0 Å². The zero-order valence-corrected chi connectivity index (χ0v) is 19.2. The highest BCUT2D eigenvalue weighted by atomic mass is 16.2. The Balaban J connectivity index is 1.27. The highest BCUT2D eigenvalue weighted by molar-refractivity contribution is 6.03. The van der Waals surface area contributed by atoms with Crippen LogP contribution in [0.25, 0.3) is 21.5 Å². The molecule has 0 heterocycles. The van der Waals surface area contributed by atoms with Gasteiger partial charge in [-0.3, -0.25) is 9.59 Å². The molecule has 0 aliphatic rings. The van der Waals surface area contributed by atoms with Crippen LogP contribution in [0.5, 0.6) is 0 Å². The highest BCUT2D eigenvalue weighted by Gasteiger charge is 2.07. The molecule has 6 nitrogen and oxygen atoms in total. The van der Waals surface area contributed by atoms with Crippen LogP contribution in [0.15, 0.2) is 95.1 Å². The molecule has 34 heavy (non-hydrogen) atoms. The fourth-order valence-corrected chi connectivity index (χ4v) is 3.59. The van der Waals surface area contributed by atoms with Crippen molar-refractivity contribution in [1.82, 2.24) is 10.9 Å². The minimum Gasteiger partial charge on any atom is -0.273 e. The van der Waals surface area contributed by atoms with Gasteiger partial charge in [0.1, 0.15) is 0 Å². The first-order valence-corrected chi connectivity index (χ1v) is 11.1. The van der Waals surface area contributed by atoms with Gasteiger partial charge in [-0.05, 0) is 58.7 Å². The van der Waals surface area contributed by atoms with Gasteiger partial charge in [0.25, 0.3) is 0 Å². The molecule has 0 aliphatic carbocycles. The van der Waals surface area contributed by atoms with Gasteiger partial charge >= 0.3 is 0 Å². The maximum absolute atomic E-state index is 12.1. The molecule has 4 aromatic carbocycles. The summed E-state index contributed by atoms with van der Waals surface area (Å²) >= 11 is 0. The van der Waals surface area contributed by atoms with Crippen molar-refractivity contribution in [2.45, 2.75) is 26.7 Å². The number of carbonyl (C=O) groups is 2. The monoisotopic (exact) mass is 450 g/mol. The van der Waals surface area contributed by atoms with E-state index in [2.05, 4.69) is 21.1 Å². The third-order valence-electron chi connectivity index (χ3n) is 5.61. The van der Waals surface area contributed by atoms with Gasteiger partial charge < -0.3 is 0 Å². The first-order chi connectivity index (χ1) is 16.5. The second-order valence-electron chi connectivity index (χ2n) is 8.09. The first-order valence-electron chi connectivity index (χ1n) is 11.1. The molecular weight excluding hydrogens is 424 g/mol.